The molecule has 1 aliphatic rings. The predicted molar refractivity (Wildman–Crippen MR) is 103 cm³/mol. The van der Waals surface area contributed by atoms with Crippen molar-refractivity contribution in [1.29, 1.82) is 0 Å². The van der Waals surface area contributed by atoms with Gasteiger partial charge >= 0.3 is 0 Å². The number of likely N-dealkylation sites (tertiary alicyclic amines) is 1. The molecule has 0 atom stereocenters. The highest BCUT2D eigenvalue weighted by Crippen LogP contribution is 2.40. The minimum Gasteiger partial charge on any atom is -0.352 e. The monoisotopic (exact) mass is 350 g/mol. The Morgan fingerprint density at radius 2 is 1.58 bits per heavy atom. The molecule has 0 aliphatic carbocycles. The van der Waals surface area contributed by atoms with Crippen LogP contribution in [0.4, 0.5) is 0 Å². The van der Waals surface area contributed by atoms with E-state index in [0.29, 0.717) is 13.0 Å². The molecule has 1 heterocycles. The van der Waals surface area contributed by atoms with Gasteiger partial charge in [0.1, 0.15) is 0 Å². The Kier molecular flexibility index (Phi) is 5.40. The van der Waals surface area contributed by atoms with Crippen LogP contribution in [0.2, 0.25) is 0 Å². The van der Waals surface area contributed by atoms with Crippen LogP contribution in [0.25, 0.3) is 0 Å². The zero-order valence-corrected chi connectivity index (χ0v) is 15.4. The van der Waals surface area contributed by atoms with E-state index in [1.807, 2.05) is 50.2 Å². The average Bonchev–Trinajstić information content (AvgIpc) is 2.64. The minimum atomic E-state index is -0.283. The highest BCUT2D eigenvalue weighted by Gasteiger charge is 2.41. The van der Waals surface area contributed by atoms with E-state index in [1.165, 1.54) is 11.1 Å². The topological polar surface area (TPSA) is 49.4 Å². The van der Waals surface area contributed by atoms with E-state index in [4.69, 9.17) is 0 Å². The molecule has 2 amide bonds. The summed E-state index contributed by atoms with van der Waals surface area (Å²) in [5, 5.41) is 2.88. The molecule has 1 N–H and O–H groups in total. The van der Waals surface area contributed by atoms with Crippen LogP contribution in [0, 0.1) is 0 Å². The van der Waals surface area contributed by atoms with Gasteiger partial charge in [-0.3, -0.25) is 9.59 Å². The average molecular weight is 350 g/mol. The Bertz CT molecular complexity index is 717. The molecule has 0 unspecified atom stereocenters. The van der Waals surface area contributed by atoms with Crippen LogP contribution < -0.4 is 5.32 Å². The van der Waals surface area contributed by atoms with Gasteiger partial charge in [0, 0.05) is 24.4 Å². The van der Waals surface area contributed by atoms with Gasteiger partial charge in [0.05, 0.1) is 6.54 Å². The van der Waals surface area contributed by atoms with Crippen LogP contribution in [0.15, 0.2) is 60.7 Å². The second-order valence-electron chi connectivity index (χ2n) is 7.29. The molecule has 136 valence electrons. The summed E-state index contributed by atoms with van der Waals surface area (Å²) in [6, 6.07) is 20.7. The van der Waals surface area contributed by atoms with Gasteiger partial charge in [0.15, 0.2) is 0 Å². The zero-order chi connectivity index (χ0) is 18.6. The third kappa shape index (κ3) is 3.79. The molecule has 0 spiro atoms. The molecule has 26 heavy (non-hydrogen) atoms. The fraction of sp³-hybridized carbons (Fsp3) is 0.364. The van der Waals surface area contributed by atoms with Crippen molar-refractivity contribution in [2.75, 3.05) is 13.1 Å². The van der Waals surface area contributed by atoms with Gasteiger partial charge in [0.2, 0.25) is 11.8 Å². The van der Waals surface area contributed by atoms with Crippen LogP contribution in [-0.4, -0.2) is 35.8 Å². The fourth-order valence-electron chi connectivity index (χ4n) is 3.81. The number of amides is 2. The van der Waals surface area contributed by atoms with Crippen LogP contribution in [0.1, 0.15) is 37.8 Å². The van der Waals surface area contributed by atoms with Gasteiger partial charge < -0.3 is 10.2 Å². The lowest BCUT2D eigenvalue weighted by molar-refractivity contribution is -0.139. The van der Waals surface area contributed by atoms with E-state index in [9.17, 15) is 9.59 Å². The first-order chi connectivity index (χ1) is 12.5. The van der Waals surface area contributed by atoms with E-state index in [1.54, 1.807) is 4.90 Å². The number of rotatable bonds is 5. The molecule has 1 saturated heterocycles. The lowest BCUT2D eigenvalue weighted by Crippen LogP contribution is -2.52. The first-order valence-corrected chi connectivity index (χ1v) is 9.19. The summed E-state index contributed by atoms with van der Waals surface area (Å²) in [5.41, 5.74) is 2.09. The lowest BCUT2D eigenvalue weighted by Gasteiger charge is -2.43. The van der Waals surface area contributed by atoms with Gasteiger partial charge in [-0.1, -0.05) is 60.7 Å². The lowest BCUT2D eigenvalue weighted by atomic mass is 9.69. The first-order valence-electron chi connectivity index (χ1n) is 9.19. The Labute approximate surface area is 155 Å². The van der Waals surface area contributed by atoms with Crippen molar-refractivity contribution in [3.63, 3.8) is 0 Å². The van der Waals surface area contributed by atoms with E-state index in [-0.39, 0.29) is 29.8 Å². The van der Waals surface area contributed by atoms with Gasteiger partial charge in [0.25, 0.3) is 0 Å². The Hall–Kier alpha value is -2.62. The molecule has 3 rings (SSSR count). The summed E-state index contributed by atoms with van der Waals surface area (Å²) in [4.78, 5) is 26.5. The molecule has 2 aromatic carbocycles. The van der Waals surface area contributed by atoms with Gasteiger partial charge in [-0.05, 0) is 31.4 Å². The SMILES string of the molecule is CC(C)NC(=O)CN1CC(c2ccccc2)(c2ccccc2)CCC1=O. The molecule has 4 heteroatoms. The second-order valence-corrected chi connectivity index (χ2v) is 7.29. The van der Waals surface area contributed by atoms with Crippen LogP contribution in [-0.2, 0) is 15.0 Å². The third-order valence-electron chi connectivity index (χ3n) is 5.02. The Morgan fingerprint density at radius 3 is 2.08 bits per heavy atom. The quantitative estimate of drug-likeness (QED) is 0.901. The van der Waals surface area contributed by atoms with Crippen LogP contribution >= 0.6 is 0 Å². The standard InChI is InChI=1S/C22H26N2O2/c1-17(2)23-20(25)15-24-16-22(14-13-21(24)26,18-9-5-3-6-10-18)19-11-7-4-8-12-19/h3-12,17H,13-16H2,1-2H3,(H,23,25). The largest absolute Gasteiger partial charge is 0.352 e. The van der Waals surface area contributed by atoms with Gasteiger partial charge in [-0.25, -0.2) is 0 Å². The van der Waals surface area contributed by atoms with Crippen molar-refractivity contribution in [2.45, 2.75) is 38.1 Å². The summed E-state index contributed by atoms with van der Waals surface area (Å²) in [5.74, 6) is -0.0586. The van der Waals surface area contributed by atoms with Crippen molar-refractivity contribution in [3.05, 3.63) is 71.8 Å². The molecule has 1 aliphatic heterocycles. The number of piperidine rings is 1. The maximum Gasteiger partial charge on any atom is 0.239 e. The summed E-state index contributed by atoms with van der Waals surface area (Å²) >= 11 is 0. The maximum atomic E-state index is 12.5. The highest BCUT2D eigenvalue weighted by atomic mass is 16.2. The van der Waals surface area contributed by atoms with Crippen LogP contribution in [0.5, 0.6) is 0 Å². The molecule has 1 fully saturated rings. The minimum absolute atomic E-state index is 0.0476. The van der Waals surface area contributed by atoms with E-state index >= 15 is 0 Å². The van der Waals surface area contributed by atoms with E-state index in [0.717, 1.165) is 6.42 Å². The summed E-state index contributed by atoms with van der Waals surface area (Å²) < 4.78 is 0. The molecule has 4 nitrogen and oxygen atoms in total. The van der Waals surface area contributed by atoms with Crippen molar-refractivity contribution >= 4 is 11.8 Å². The predicted octanol–water partition coefficient (Wildman–Crippen LogP) is 3.12. The zero-order valence-electron chi connectivity index (χ0n) is 15.4. The number of carbonyl (C=O) groups is 2. The number of benzene rings is 2. The maximum absolute atomic E-state index is 12.5. The van der Waals surface area contributed by atoms with Crippen molar-refractivity contribution in [2.24, 2.45) is 0 Å². The highest BCUT2D eigenvalue weighted by molar-refractivity contribution is 5.85. The van der Waals surface area contributed by atoms with E-state index < -0.39 is 0 Å². The van der Waals surface area contributed by atoms with Crippen molar-refractivity contribution in [3.8, 4) is 0 Å². The smallest absolute Gasteiger partial charge is 0.239 e. The summed E-state index contributed by atoms with van der Waals surface area (Å²) in [6.07, 6.45) is 1.20. The Morgan fingerprint density at radius 1 is 1.04 bits per heavy atom. The fourth-order valence-corrected chi connectivity index (χ4v) is 3.81. The van der Waals surface area contributed by atoms with Crippen LogP contribution in [0.3, 0.4) is 0 Å². The van der Waals surface area contributed by atoms with Crippen molar-refractivity contribution < 1.29 is 9.59 Å². The van der Waals surface area contributed by atoms with Crippen molar-refractivity contribution in [1.82, 2.24) is 10.2 Å². The second kappa shape index (κ2) is 7.73. The van der Waals surface area contributed by atoms with Gasteiger partial charge in [-0.15, -0.1) is 0 Å². The summed E-state index contributed by atoms with van der Waals surface area (Å²) in [6.45, 7) is 4.48. The molecule has 2 aromatic rings. The van der Waals surface area contributed by atoms with Gasteiger partial charge in [-0.2, -0.15) is 0 Å². The number of nitrogens with one attached hydrogen (secondary N) is 1. The summed E-state index contributed by atoms with van der Waals surface area (Å²) in [7, 11) is 0. The van der Waals surface area contributed by atoms with E-state index in [2.05, 4.69) is 29.6 Å². The molecule has 0 aromatic heterocycles. The Balaban J connectivity index is 1.95. The number of nitrogens with zero attached hydrogens (tertiary/aromatic N) is 1. The normalized spacial score (nSPS) is 16.6. The number of carbonyl (C=O) groups excluding carboxylic acids is 2. The molecule has 0 saturated carbocycles. The number of hydrogen-bond acceptors (Lipinski definition) is 2. The molecule has 0 radical (unpaired) electrons. The molecular formula is C22H26N2O2. The number of hydrogen-bond donors (Lipinski definition) is 1. The third-order valence-corrected chi connectivity index (χ3v) is 5.02. The molecule has 0 bridgehead atoms. The molecular weight excluding hydrogens is 324 g/mol. The first kappa shape index (κ1) is 18.2.